The van der Waals surface area contributed by atoms with Gasteiger partial charge in [0.25, 0.3) is 5.78 Å². The van der Waals surface area contributed by atoms with Crippen LogP contribution in [0.15, 0.2) is 36.7 Å². The van der Waals surface area contributed by atoms with Crippen LogP contribution >= 0.6 is 0 Å². The van der Waals surface area contributed by atoms with Gasteiger partial charge in [-0.3, -0.25) is 4.79 Å². The van der Waals surface area contributed by atoms with Crippen molar-refractivity contribution in [1.82, 2.24) is 24.9 Å². The maximum Gasteiger partial charge on any atom is 0.252 e. The number of rotatable bonds is 6. The molecule has 1 amide bonds. The summed E-state index contributed by atoms with van der Waals surface area (Å²) in [4.78, 5) is 21.4. The second kappa shape index (κ2) is 8.09. The Morgan fingerprint density at radius 1 is 1.18 bits per heavy atom. The second-order valence-corrected chi connectivity index (χ2v) is 8.53. The van der Waals surface area contributed by atoms with E-state index in [9.17, 15) is 4.79 Å². The molecule has 0 aliphatic rings. The summed E-state index contributed by atoms with van der Waals surface area (Å²) < 4.78 is 1.73. The van der Waals surface area contributed by atoms with Crippen LogP contribution in [-0.4, -0.2) is 25.5 Å². The van der Waals surface area contributed by atoms with Gasteiger partial charge in [0.1, 0.15) is 6.33 Å². The van der Waals surface area contributed by atoms with E-state index in [0.717, 1.165) is 28.9 Å². The number of aromatic nitrogens is 4. The minimum Gasteiger partial charge on any atom is -0.349 e. The molecule has 0 aliphatic heterocycles. The molecule has 2 heterocycles. The van der Waals surface area contributed by atoms with E-state index in [1.54, 1.807) is 4.52 Å². The summed E-state index contributed by atoms with van der Waals surface area (Å²) in [5.74, 6) is 0.646. The van der Waals surface area contributed by atoms with Gasteiger partial charge in [0.2, 0.25) is 5.91 Å². The highest BCUT2D eigenvalue weighted by atomic mass is 16.1. The summed E-state index contributed by atoms with van der Waals surface area (Å²) in [5, 5.41) is 7.46. The van der Waals surface area contributed by atoms with Crippen molar-refractivity contribution in [3.05, 3.63) is 59.2 Å². The Balaban J connectivity index is 1.71. The molecule has 3 rings (SSSR count). The van der Waals surface area contributed by atoms with Crippen molar-refractivity contribution in [2.24, 2.45) is 5.41 Å². The van der Waals surface area contributed by atoms with Crippen LogP contribution in [0, 0.1) is 19.3 Å². The van der Waals surface area contributed by atoms with Crippen molar-refractivity contribution in [2.75, 3.05) is 0 Å². The van der Waals surface area contributed by atoms with E-state index in [0.29, 0.717) is 18.6 Å². The summed E-state index contributed by atoms with van der Waals surface area (Å²) in [7, 11) is 0. The van der Waals surface area contributed by atoms with Crippen molar-refractivity contribution in [2.45, 2.75) is 59.9 Å². The first kappa shape index (κ1) is 20.0. The van der Waals surface area contributed by atoms with E-state index < -0.39 is 0 Å². The van der Waals surface area contributed by atoms with E-state index >= 15 is 0 Å². The van der Waals surface area contributed by atoms with Gasteiger partial charge in [-0.2, -0.15) is 10.1 Å². The maximum absolute atomic E-state index is 12.8. The van der Waals surface area contributed by atoms with Gasteiger partial charge >= 0.3 is 0 Å². The largest absolute Gasteiger partial charge is 0.349 e. The molecule has 0 spiro atoms. The Morgan fingerprint density at radius 2 is 1.89 bits per heavy atom. The standard InChI is InChI=1S/C22H29N5O/c1-15-18(16(2)27-21(25-15)23-14-24-27)11-12-20(28)26-19(13-22(3,4)5)17-9-7-6-8-10-17/h6-10,14,19H,11-13H2,1-5H3,(H,26,28). The molecule has 0 aliphatic carbocycles. The van der Waals surface area contributed by atoms with Gasteiger partial charge in [-0.25, -0.2) is 9.50 Å². The molecule has 6 heteroatoms. The summed E-state index contributed by atoms with van der Waals surface area (Å²) in [6.07, 6.45) is 3.43. The quantitative estimate of drug-likeness (QED) is 0.703. The van der Waals surface area contributed by atoms with Gasteiger partial charge in [0.15, 0.2) is 0 Å². The number of benzene rings is 1. The van der Waals surface area contributed by atoms with Gasteiger partial charge < -0.3 is 5.32 Å². The monoisotopic (exact) mass is 379 g/mol. The molecule has 0 fully saturated rings. The number of aryl methyl sites for hydroxylation is 2. The summed E-state index contributed by atoms with van der Waals surface area (Å²) in [6.45, 7) is 10.5. The van der Waals surface area contributed by atoms with Gasteiger partial charge in [-0.15, -0.1) is 0 Å². The molecule has 0 bridgehead atoms. The molecule has 1 N–H and O–H groups in total. The topological polar surface area (TPSA) is 72.2 Å². The Morgan fingerprint density at radius 3 is 2.57 bits per heavy atom. The van der Waals surface area contributed by atoms with Crippen LogP contribution in [0.25, 0.3) is 5.78 Å². The normalized spacial score (nSPS) is 12.9. The van der Waals surface area contributed by atoms with E-state index in [2.05, 4.69) is 53.3 Å². The van der Waals surface area contributed by atoms with Gasteiger partial charge in [-0.05, 0) is 43.2 Å². The van der Waals surface area contributed by atoms with E-state index in [4.69, 9.17) is 0 Å². The van der Waals surface area contributed by atoms with E-state index in [-0.39, 0.29) is 17.4 Å². The lowest BCUT2D eigenvalue weighted by Crippen LogP contribution is -2.31. The van der Waals surface area contributed by atoms with Crippen LogP contribution < -0.4 is 5.32 Å². The Kier molecular flexibility index (Phi) is 5.77. The molecular weight excluding hydrogens is 350 g/mol. The lowest BCUT2D eigenvalue weighted by Gasteiger charge is -2.27. The summed E-state index contributed by atoms with van der Waals surface area (Å²) in [6, 6.07) is 10.2. The average molecular weight is 380 g/mol. The number of nitrogens with zero attached hydrogens (tertiary/aromatic N) is 4. The Hall–Kier alpha value is -2.76. The highest BCUT2D eigenvalue weighted by molar-refractivity contribution is 5.76. The van der Waals surface area contributed by atoms with Crippen molar-refractivity contribution < 1.29 is 4.79 Å². The van der Waals surface area contributed by atoms with Crippen molar-refractivity contribution in [3.63, 3.8) is 0 Å². The fourth-order valence-electron chi connectivity index (χ4n) is 3.57. The zero-order chi connectivity index (χ0) is 20.3. The first-order valence-electron chi connectivity index (χ1n) is 9.75. The number of nitrogens with one attached hydrogen (secondary N) is 1. The molecule has 0 saturated carbocycles. The molecule has 0 saturated heterocycles. The fourth-order valence-corrected chi connectivity index (χ4v) is 3.57. The minimum atomic E-state index is 0.00631. The summed E-state index contributed by atoms with van der Waals surface area (Å²) >= 11 is 0. The predicted molar refractivity (Wildman–Crippen MR) is 110 cm³/mol. The molecule has 0 radical (unpaired) electrons. The number of fused-ring (bicyclic) bond motifs is 1. The molecule has 1 unspecified atom stereocenters. The van der Waals surface area contributed by atoms with Crippen LogP contribution in [0.1, 0.15) is 62.2 Å². The summed E-state index contributed by atoms with van der Waals surface area (Å²) in [5.41, 5.74) is 4.20. The lowest BCUT2D eigenvalue weighted by molar-refractivity contribution is -0.122. The number of carbonyl (C=O) groups excluding carboxylic acids is 1. The third-order valence-electron chi connectivity index (χ3n) is 4.94. The zero-order valence-electron chi connectivity index (χ0n) is 17.4. The van der Waals surface area contributed by atoms with E-state index in [1.807, 2.05) is 32.0 Å². The zero-order valence-corrected chi connectivity index (χ0v) is 17.4. The minimum absolute atomic E-state index is 0.00631. The third kappa shape index (κ3) is 4.74. The van der Waals surface area contributed by atoms with E-state index in [1.165, 1.54) is 6.33 Å². The third-order valence-corrected chi connectivity index (χ3v) is 4.94. The van der Waals surface area contributed by atoms with Gasteiger partial charge in [0, 0.05) is 17.8 Å². The highest BCUT2D eigenvalue weighted by Gasteiger charge is 2.22. The van der Waals surface area contributed by atoms with Crippen LogP contribution in [-0.2, 0) is 11.2 Å². The molecule has 2 aromatic heterocycles. The Labute approximate surface area is 166 Å². The molecule has 6 nitrogen and oxygen atoms in total. The molecule has 28 heavy (non-hydrogen) atoms. The first-order chi connectivity index (χ1) is 13.2. The smallest absolute Gasteiger partial charge is 0.252 e. The maximum atomic E-state index is 12.8. The Bertz CT molecular complexity index is 956. The fraction of sp³-hybridized carbons (Fsp3) is 0.455. The number of hydrogen-bond acceptors (Lipinski definition) is 4. The van der Waals surface area contributed by atoms with Crippen molar-refractivity contribution >= 4 is 11.7 Å². The van der Waals surface area contributed by atoms with Crippen LogP contribution in [0.4, 0.5) is 0 Å². The second-order valence-electron chi connectivity index (χ2n) is 8.53. The SMILES string of the molecule is Cc1nc2ncnn2c(C)c1CCC(=O)NC(CC(C)(C)C)c1ccccc1. The molecular formula is C22H29N5O. The van der Waals surface area contributed by atoms with Crippen LogP contribution in [0.2, 0.25) is 0 Å². The average Bonchev–Trinajstić information content (AvgIpc) is 3.09. The molecule has 1 atom stereocenters. The molecule has 3 aromatic rings. The highest BCUT2D eigenvalue weighted by Crippen LogP contribution is 2.29. The lowest BCUT2D eigenvalue weighted by atomic mass is 9.85. The molecule has 148 valence electrons. The van der Waals surface area contributed by atoms with Crippen LogP contribution in [0.5, 0.6) is 0 Å². The van der Waals surface area contributed by atoms with Crippen molar-refractivity contribution in [3.8, 4) is 0 Å². The number of hydrogen-bond donors (Lipinski definition) is 1. The van der Waals surface area contributed by atoms with Gasteiger partial charge in [0.05, 0.1) is 6.04 Å². The number of amides is 1. The van der Waals surface area contributed by atoms with Crippen LogP contribution in [0.3, 0.4) is 0 Å². The predicted octanol–water partition coefficient (Wildman–Crippen LogP) is 3.97. The van der Waals surface area contributed by atoms with Crippen molar-refractivity contribution in [1.29, 1.82) is 0 Å². The molecule has 1 aromatic carbocycles. The van der Waals surface area contributed by atoms with Gasteiger partial charge in [-0.1, -0.05) is 51.1 Å². The first-order valence-corrected chi connectivity index (χ1v) is 9.75. The number of carbonyl (C=O) groups is 1.